The molecule has 0 aliphatic carbocycles. The summed E-state index contributed by atoms with van der Waals surface area (Å²) in [6, 6.07) is 0. The van der Waals surface area contributed by atoms with E-state index in [9.17, 15) is 0 Å². The summed E-state index contributed by atoms with van der Waals surface area (Å²) in [5.74, 6) is 6.38. The average molecular weight is 224 g/mol. The van der Waals surface area contributed by atoms with Gasteiger partial charge in [0.25, 0.3) is 0 Å². The van der Waals surface area contributed by atoms with Crippen molar-refractivity contribution < 1.29 is 9.47 Å². The molecule has 0 aromatic heterocycles. The van der Waals surface area contributed by atoms with Gasteiger partial charge in [-0.2, -0.15) is 0 Å². The molecule has 2 aliphatic rings. The van der Waals surface area contributed by atoms with Crippen LogP contribution < -0.4 is 0 Å². The minimum atomic E-state index is 0.356. The molecule has 0 aromatic carbocycles. The standard InChI is InChI=1S/C12H20N2O2/c1-11-7-13(9-15-11)5-3-4-6-14-8-12(2)16-10-14/h11-12H,5-10H2,1-2H3/t11-,12-/m0/s1. The van der Waals surface area contributed by atoms with Crippen molar-refractivity contribution in [3.8, 4) is 11.8 Å². The third-order valence-corrected chi connectivity index (χ3v) is 2.84. The first-order chi connectivity index (χ1) is 7.74. The summed E-state index contributed by atoms with van der Waals surface area (Å²) in [6.45, 7) is 9.26. The SMILES string of the molecule is C[C@H]1CN(CC#CCN2CO[C@@H](C)C2)CO1. The second-order valence-corrected chi connectivity index (χ2v) is 4.59. The predicted molar refractivity (Wildman–Crippen MR) is 61.8 cm³/mol. The Bertz CT molecular complexity index is 258. The van der Waals surface area contributed by atoms with Gasteiger partial charge in [-0.3, -0.25) is 9.80 Å². The quantitative estimate of drug-likeness (QED) is 0.632. The average Bonchev–Trinajstić information content (AvgIpc) is 2.83. The molecule has 2 atom stereocenters. The molecule has 0 spiro atoms. The molecular formula is C12H20N2O2. The Labute approximate surface area is 97.5 Å². The highest BCUT2D eigenvalue weighted by atomic mass is 16.5. The van der Waals surface area contributed by atoms with Gasteiger partial charge in [-0.05, 0) is 13.8 Å². The lowest BCUT2D eigenvalue weighted by atomic mass is 10.4. The summed E-state index contributed by atoms with van der Waals surface area (Å²) in [5, 5.41) is 0. The zero-order valence-electron chi connectivity index (χ0n) is 10.1. The Balaban J connectivity index is 1.63. The summed E-state index contributed by atoms with van der Waals surface area (Å²) in [5.41, 5.74) is 0. The molecule has 2 saturated heterocycles. The van der Waals surface area contributed by atoms with E-state index in [1.807, 2.05) is 0 Å². The summed E-state index contributed by atoms with van der Waals surface area (Å²) < 4.78 is 10.9. The van der Waals surface area contributed by atoms with E-state index in [1.165, 1.54) is 0 Å². The normalized spacial score (nSPS) is 31.6. The van der Waals surface area contributed by atoms with Crippen LogP contribution in [-0.4, -0.2) is 61.6 Å². The molecule has 2 rings (SSSR count). The Morgan fingerprint density at radius 1 is 0.938 bits per heavy atom. The van der Waals surface area contributed by atoms with E-state index in [2.05, 4.69) is 35.5 Å². The zero-order valence-corrected chi connectivity index (χ0v) is 10.1. The van der Waals surface area contributed by atoms with E-state index in [4.69, 9.17) is 9.47 Å². The summed E-state index contributed by atoms with van der Waals surface area (Å²) >= 11 is 0. The van der Waals surface area contributed by atoms with Crippen LogP contribution in [0.1, 0.15) is 13.8 Å². The van der Waals surface area contributed by atoms with Crippen LogP contribution in [0.4, 0.5) is 0 Å². The second kappa shape index (κ2) is 5.65. The Morgan fingerprint density at radius 2 is 1.38 bits per heavy atom. The number of nitrogens with zero attached hydrogens (tertiary/aromatic N) is 2. The van der Waals surface area contributed by atoms with Crippen molar-refractivity contribution in [2.45, 2.75) is 26.1 Å². The van der Waals surface area contributed by atoms with E-state index < -0.39 is 0 Å². The molecule has 0 aromatic rings. The first kappa shape index (κ1) is 11.9. The first-order valence-electron chi connectivity index (χ1n) is 5.87. The fourth-order valence-electron chi connectivity index (χ4n) is 1.96. The molecule has 2 fully saturated rings. The van der Waals surface area contributed by atoms with Gasteiger partial charge in [0.1, 0.15) is 13.5 Å². The Morgan fingerprint density at radius 3 is 1.69 bits per heavy atom. The van der Waals surface area contributed by atoms with Crippen LogP contribution in [0.15, 0.2) is 0 Å². The van der Waals surface area contributed by atoms with Crippen molar-refractivity contribution in [2.75, 3.05) is 39.6 Å². The van der Waals surface area contributed by atoms with Crippen LogP contribution in [0.5, 0.6) is 0 Å². The van der Waals surface area contributed by atoms with Crippen LogP contribution in [0.3, 0.4) is 0 Å². The van der Waals surface area contributed by atoms with Crippen molar-refractivity contribution in [2.24, 2.45) is 0 Å². The minimum Gasteiger partial charge on any atom is -0.362 e. The molecule has 0 unspecified atom stereocenters. The topological polar surface area (TPSA) is 24.9 Å². The largest absolute Gasteiger partial charge is 0.362 e. The minimum absolute atomic E-state index is 0.356. The van der Waals surface area contributed by atoms with Gasteiger partial charge >= 0.3 is 0 Å². The van der Waals surface area contributed by atoms with Gasteiger partial charge in [0, 0.05) is 13.1 Å². The molecule has 4 heteroatoms. The lowest BCUT2D eigenvalue weighted by molar-refractivity contribution is 0.102. The fourth-order valence-corrected chi connectivity index (χ4v) is 1.96. The number of hydrogen-bond donors (Lipinski definition) is 0. The Hall–Kier alpha value is -0.600. The van der Waals surface area contributed by atoms with E-state index in [0.717, 1.165) is 39.6 Å². The molecule has 2 aliphatic heterocycles. The highest BCUT2D eigenvalue weighted by molar-refractivity contribution is 5.03. The van der Waals surface area contributed by atoms with Gasteiger partial charge < -0.3 is 9.47 Å². The maximum atomic E-state index is 5.44. The Kier molecular flexibility index (Phi) is 4.19. The van der Waals surface area contributed by atoms with E-state index >= 15 is 0 Å². The molecule has 0 N–H and O–H groups in total. The van der Waals surface area contributed by atoms with Crippen molar-refractivity contribution in [1.82, 2.24) is 9.80 Å². The van der Waals surface area contributed by atoms with Crippen molar-refractivity contribution >= 4 is 0 Å². The van der Waals surface area contributed by atoms with Gasteiger partial charge in [-0.15, -0.1) is 0 Å². The van der Waals surface area contributed by atoms with Gasteiger partial charge in [0.15, 0.2) is 0 Å². The lowest BCUT2D eigenvalue weighted by Gasteiger charge is -2.08. The molecular weight excluding hydrogens is 204 g/mol. The molecule has 4 nitrogen and oxygen atoms in total. The van der Waals surface area contributed by atoms with Crippen LogP contribution in [0.25, 0.3) is 0 Å². The molecule has 0 amide bonds. The third-order valence-electron chi connectivity index (χ3n) is 2.84. The first-order valence-corrected chi connectivity index (χ1v) is 5.87. The maximum Gasteiger partial charge on any atom is 0.100 e. The van der Waals surface area contributed by atoms with Crippen molar-refractivity contribution in [3.05, 3.63) is 0 Å². The maximum absolute atomic E-state index is 5.44. The highest BCUT2D eigenvalue weighted by Crippen LogP contribution is 2.06. The van der Waals surface area contributed by atoms with Gasteiger partial charge in [-0.25, -0.2) is 0 Å². The monoisotopic (exact) mass is 224 g/mol. The second-order valence-electron chi connectivity index (χ2n) is 4.59. The molecule has 90 valence electrons. The smallest absolute Gasteiger partial charge is 0.100 e. The van der Waals surface area contributed by atoms with Gasteiger partial charge in [0.05, 0.1) is 25.3 Å². The van der Waals surface area contributed by atoms with Gasteiger partial charge in [-0.1, -0.05) is 11.8 Å². The van der Waals surface area contributed by atoms with E-state index in [1.54, 1.807) is 0 Å². The highest BCUT2D eigenvalue weighted by Gasteiger charge is 2.18. The third kappa shape index (κ3) is 3.46. The summed E-state index contributed by atoms with van der Waals surface area (Å²) in [4.78, 5) is 4.45. The number of rotatable bonds is 2. The number of ether oxygens (including phenoxy) is 2. The fraction of sp³-hybridized carbons (Fsp3) is 0.833. The van der Waals surface area contributed by atoms with Crippen LogP contribution in [0.2, 0.25) is 0 Å². The molecule has 0 radical (unpaired) electrons. The molecule has 0 saturated carbocycles. The van der Waals surface area contributed by atoms with Crippen LogP contribution in [0, 0.1) is 11.8 Å². The predicted octanol–water partition coefficient (Wildman–Crippen LogP) is 0.346. The van der Waals surface area contributed by atoms with Crippen molar-refractivity contribution in [1.29, 1.82) is 0 Å². The summed E-state index contributed by atoms with van der Waals surface area (Å²) in [6.07, 6.45) is 0.712. The molecule has 16 heavy (non-hydrogen) atoms. The van der Waals surface area contributed by atoms with Gasteiger partial charge in [0.2, 0.25) is 0 Å². The molecule has 0 bridgehead atoms. The van der Waals surface area contributed by atoms with E-state index in [0.29, 0.717) is 12.2 Å². The van der Waals surface area contributed by atoms with E-state index in [-0.39, 0.29) is 0 Å². The van der Waals surface area contributed by atoms with Crippen LogP contribution >= 0.6 is 0 Å². The van der Waals surface area contributed by atoms with Crippen LogP contribution in [-0.2, 0) is 9.47 Å². The lowest BCUT2D eigenvalue weighted by Crippen LogP contribution is -2.23. The van der Waals surface area contributed by atoms with Crippen molar-refractivity contribution in [3.63, 3.8) is 0 Å². The summed E-state index contributed by atoms with van der Waals surface area (Å²) in [7, 11) is 0. The molecule has 2 heterocycles. The zero-order chi connectivity index (χ0) is 11.4. The number of hydrogen-bond acceptors (Lipinski definition) is 4.